The van der Waals surface area contributed by atoms with E-state index in [1.807, 2.05) is 55.5 Å². The number of fused-ring (bicyclic) bond motifs is 1. The smallest absolute Gasteiger partial charge is 0.138 e. The fourth-order valence-electron chi connectivity index (χ4n) is 2.82. The van der Waals surface area contributed by atoms with E-state index in [9.17, 15) is 4.39 Å². The van der Waals surface area contributed by atoms with Crippen molar-refractivity contribution in [2.45, 2.75) is 6.92 Å². The first-order valence-electron chi connectivity index (χ1n) is 8.20. The summed E-state index contributed by atoms with van der Waals surface area (Å²) in [7, 11) is 0. The lowest BCUT2D eigenvalue weighted by atomic mass is 10.1. The van der Waals surface area contributed by atoms with Gasteiger partial charge in [-0.3, -0.25) is 0 Å². The van der Waals surface area contributed by atoms with Gasteiger partial charge in [0.15, 0.2) is 0 Å². The molecule has 0 fully saturated rings. The van der Waals surface area contributed by atoms with Crippen LogP contribution in [0.5, 0.6) is 0 Å². The molecule has 26 heavy (non-hydrogen) atoms. The number of benzene rings is 3. The maximum Gasteiger partial charge on any atom is 0.138 e. The van der Waals surface area contributed by atoms with Crippen LogP contribution in [0.25, 0.3) is 22.3 Å². The Bertz CT molecular complexity index is 1160. The van der Waals surface area contributed by atoms with Crippen molar-refractivity contribution in [1.82, 2.24) is 0 Å². The van der Waals surface area contributed by atoms with Gasteiger partial charge >= 0.3 is 0 Å². The Kier molecular flexibility index (Phi) is 4.31. The van der Waals surface area contributed by atoms with Gasteiger partial charge in [0.1, 0.15) is 17.2 Å². The number of nitrogens with zero attached hydrogens (tertiary/aromatic N) is 1. The fourth-order valence-corrected chi connectivity index (χ4v) is 3.05. The van der Waals surface area contributed by atoms with E-state index in [1.165, 1.54) is 12.1 Å². The zero-order chi connectivity index (χ0) is 18.1. The van der Waals surface area contributed by atoms with Crippen molar-refractivity contribution in [1.29, 1.82) is 0 Å². The molecule has 128 valence electrons. The van der Waals surface area contributed by atoms with E-state index in [2.05, 4.69) is 0 Å². The maximum absolute atomic E-state index is 13.2. The molecule has 4 heteroatoms. The predicted octanol–water partition coefficient (Wildman–Crippen LogP) is 6.43. The summed E-state index contributed by atoms with van der Waals surface area (Å²) >= 11 is 6.33. The molecule has 0 saturated heterocycles. The first-order chi connectivity index (χ1) is 12.6. The number of halogens is 2. The van der Waals surface area contributed by atoms with Gasteiger partial charge < -0.3 is 4.42 Å². The summed E-state index contributed by atoms with van der Waals surface area (Å²) in [5, 5.41) is 2.25. The van der Waals surface area contributed by atoms with E-state index in [0.29, 0.717) is 22.1 Å². The van der Waals surface area contributed by atoms with Crippen molar-refractivity contribution < 1.29 is 8.81 Å². The van der Waals surface area contributed by atoms with E-state index < -0.39 is 0 Å². The summed E-state index contributed by atoms with van der Waals surface area (Å²) in [6.45, 7) is 2.02. The van der Waals surface area contributed by atoms with E-state index in [1.54, 1.807) is 12.1 Å². The summed E-state index contributed by atoms with van der Waals surface area (Å²) in [5.41, 5.74) is 3.29. The summed E-state index contributed by atoms with van der Waals surface area (Å²) in [6, 6.07) is 21.4. The van der Waals surface area contributed by atoms with Crippen LogP contribution in [0.3, 0.4) is 0 Å². The molecule has 0 N–H and O–H groups in total. The highest BCUT2D eigenvalue weighted by Gasteiger charge is 2.09. The molecule has 0 spiro atoms. The molecule has 0 aliphatic heterocycles. The highest BCUT2D eigenvalue weighted by Crippen LogP contribution is 2.29. The van der Waals surface area contributed by atoms with E-state index in [0.717, 1.165) is 21.9 Å². The van der Waals surface area contributed by atoms with Crippen molar-refractivity contribution >= 4 is 28.3 Å². The van der Waals surface area contributed by atoms with Gasteiger partial charge in [0, 0.05) is 17.0 Å². The van der Waals surface area contributed by atoms with Crippen LogP contribution in [0.2, 0.25) is 5.02 Å². The topological polar surface area (TPSA) is 25.5 Å². The van der Waals surface area contributed by atoms with Gasteiger partial charge in [-0.15, -0.1) is 0 Å². The van der Waals surface area contributed by atoms with E-state index >= 15 is 0 Å². The highest BCUT2D eigenvalue weighted by atomic mass is 35.5. The van der Waals surface area contributed by atoms with Crippen LogP contribution in [0.4, 0.5) is 10.1 Å². The number of hydrogen-bond donors (Lipinski definition) is 0. The summed E-state index contributed by atoms with van der Waals surface area (Å²) in [4.78, 5) is 4.70. The molecule has 0 bridgehead atoms. The molecule has 0 aliphatic carbocycles. The van der Waals surface area contributed by atoms with E-state index in [-0.39, 0.29) is 5.82 Å². The average Bonchev–Trinajstić information content (AvgIpc) is 2.64. The summed E-state index contributed by atoms with van der Waals surface area (Å²) in [5.74, 6) is 0.345. The number of rotatable bonds is 2. The Hall–Kier alpha value is -2.91. The molecule has 0 amide bonds. The third-order valence-electron chi connectivity index (χ3n) is 4.11. The molecule has 4 rings (SSSR count). The van der Waals surface area contributed by atoms with Crippen LogP contribution < -0.4 is 5.36 Å². The molecule has 0 saturated carbocycles. The van der Waals surface area contributed by atoms with Gasteiger partial charge in [0.2, 0.25) is 0 Å². The maximum atomic E-state index is 13.2. The monoisotopic (exact) mass is 363 g/mol. The summed E-state index contributed by atoms with van der Waals surface area (Å²) in [6.07, 6.45) is 0. The first kappa shape index (κ1) is 16.6. The Labute approximate surface area is 155 Å². The van der Waals surface area contributed by atoms with Gasteiger partial charge in [0.25, 0.3) is 0 Å². The first-order valence-corrected chi connectivity index (χ1v) is 8.58. The van der Waals surface area contributed by atoms with Gasteiger partial charge in [-0.25, -0.2) is 9.38 Å². The van der Waals surface area contributed by atoms with Crippen molar-refractivity contribution in [3.05, 3.63) is 94.6 Å². The molecule has 0 radical (unpaired) electrons. The van der Waals surface area contributed by atoms with Gasteiger partial charge in [-0.2, -0.15) is 0 Å². The standard InChI is InChI=1S/C22H15ClFNO/c1-14-6-11-21-18(12-14)20(25-16-9-7-15(24)8-10-16)13-22(26-21)17-4-2-3-5-19(17)23/h2-13H,1H3. The second kappa shape index (κ2) is 6.77. The summed E-state index contributed by atoms with van der Waals surface area (Å²) < 4.78 is 19.3. The van der Waals surface area contributed by atoms with E-state index in [4.69, 9.17) is 21.0 Å². The minimum Gasteiger partial charge on any atom is -0.456 e. The molecule has 1 aromatic heterocycles. The van der Waals surface area contributed by atoms with Gasteiger partial charge in [-0.1, -0.05) is 35.4 Å². The average molecular weight is 364 g/mol. The van der Waals surface area contributed by atoms with Gasteiger partial charge in [0.05, 0.1) is 16.1 Å². The quantitative estimate of drug-likeness (QED) is 0.402. The lowest BCUT2D eigenvalue weighted by molar-refractivity contribution is 0.618. The number of hydrogen-bond acceptors (Lipinski definition) is 2. The molecular formula is C22H15ClFNO. The largest absolute Gasteiger partial charge is 0.456 e. The normalized spacial score (nSPS) is 11.9. The second-order valence-corrected chi connectivity index (χ2v) is 6.47. The van der Waals surface area contributed by atoms with Gasteiger partial charge in [-0.05, 0) is 55.5 Å². The zero-order valence-electron chi connectivity index (χ0n) is 14.0. The lowest BCUT2D eigenvalue weighted by Crippen LogP contribution is -2.03. The van der Waals surface area contributed by atoms with Crippen LogP contribution in [-0.2, 0) is 0 Å². The highest BCUT2D eigenvalue weighted by molar-refractivity contribution is 6.33. The third-order valence-corrected chi connectivity index (χ3v) is 4.44. The Balaban J connectivity index is 2.02. The number of aryl methyl sites for hydroxylation is 1. The molecule has 0 aliphatic rings. The van der Waals surface area contributed by atoms with Crippen molar-refractivity contribution in [3.63, 3.8) is 0 Å². The van der Waals surface area contributed by atoms with Crippen LogP contribution in [0.15, 0.2) is 82.2 Å². The zero-order valence-corrected chi connectivity index (χ0v) is 14.8. The van der Waals surface area contributed by atoms with Crippen molar-refractivity contribution in [2.24, 2.45) is 4.99 Å². The minimum atomic E-state index is -0.288. The molecule has 4 aromatic rings. The predicted molar refractivity (Wildman–Crippen MR) is 103 cm³/mol. The molecule has 0 unspecified atom stereocenters. The molecule has 0 atom stereocenters. The Morgan fingerprint density at radius 1 is 0.923 bits per heavy atom. The van der Waals surface area contributed by atoms with Crippen LogP contribution in [0.1, 0.15) is 5.56 Å². The molecular weight excluding hydrogens is 349 g/mol. The third kappa shape index (κ3) is 3.26. The van der Waals surface area contributed by atoms with Crippen molar-refractivity contribution in [3.8, 4) is 11.3 Å². The van der Waals surface area contributed by atoms with Crippen LogP contribution in [-0.4, -0.2) is 0 Å². The Morgan fingerprint density at radius 3 is 2.46 bits per heavy atom. The molecule has 2 nitrogen and oxygen atoms in total. The van der Waals surface area contributed by atoms with Crippen LogP contribution >= 0.6 is 11.6 Å². The minimum absolute atomic E-state index is 0.288. The molecule has 3 aromatic carbocycles. The SMILES string of the molecule is Cc1ccc2oc(-c3ccccc3Cl)cc(=Nc3ccc(F)cc3)c2c1. The second-order valence-electron chi connectivity index (χ2n) is 6.06. The fraction of sp³-hybridized carbons (Fsp3) is 0.0455. The Morgan fingerprint density at radius 2 is 1.69 bits per heavy atom. The van der Waals surface area contributed by atoms with Crippen molar-refractivity contribution in [2.75, 3.05) is 0 Å². The lowest BCUT2D eigenvalue weighted by Gasteiger charge is -2.07. The van der Waals surface area contributed by atoms with Crippen LogP contribution in [0, 0.1) is 12.7 Å². The molecule has 1 heterocycles.